The lowest BCUT2D eigenvalue weighted by atomic mass is 10.1. The second-order valence-corrected chi connectivity index (χ2v) is 9.01. The molecule has 160 valence electrons. The molecule has 1 saturated heterocycles. The van der Waals surface area contributed by atoms with Crippen LogP contribution >= 0.6 is 0 Å². The predicted octanol–water partition coefficient (Wildman–Crippen LogP) is 1.34. The summed E-state index contributed by atoms with van der Waals surface area (Å²) < 4.78 is 31.8. The van der Waals surface area contributed by atoms with E-state index in [1.807, 2.05) is 7.05 Å². The molecule has 0 spiro atoms. The van der Waals surface area contributed by atoms with E-state index < -0.39 is 21.9 Å². The molecular weight excluding hydrogens is 406 g/mol. The van der Waals surface area contributed by atoms with Crippen molar-refractivity contribution in [3.8, 4) is 0 Å². The fraction of sp³-hybridized carbons (Fsp3) is 0.333. The van der Waals surface area contributed by atoms with E-state index in [4.69, 9.17) is 4.74 Å². The van der Waals surface area contributed by atoms with Gasteiger partial charge in [0.2, 0.25) is 10.0 Å². The Labute approximate surface area is 176 Å². The van der Waals surface area contributed by atoms with Crippen LogP contribution in [0.25, 0.3) is 0 Å². The van der Waals surface area contributed by atoms with Crippen molar-refractivity contribution >= 4 is 21.9 Å². The zero-order valence-corrected chi connectivity index (χ0v) is 17.8. The average Bonchev–Trinajstić information content (AvgIpc) is 2.77. The van der Waals surface area contributed by atoms with Crippen molar-refractivity contribution in [1.29, 1.82) is 0 Å². The SMILES string of the molecule is COC(=O)c1ccccc1C(=O)NCc1ccc(S(=O)(=O)N2CCN(C)CC2)cc1. The molecule has 0 unspecified atom stereocenters. The first-order valence-corrected chi connectivity index (χ1v) is 11.0. The molecule has 0 saturated carbocycles. The number of nitrogens with zero attached hydrogens (tertiary/aromatic N) is 2. The van der Waals surface area contributed by atoms with Gasteiger partial charge in [0.25, 0.3) is 5.91 Å². The van der Waals surface area contributed by atoms with Crippen LogP contribution in [0.15, 0.2) is 53.4 Å². The Bertz CT molecular complexity index is 1010. The number of benzene rings is 2. The Morgan fingerprint density at radius 2 is 1.57 bits per heavy atom. The van der Waals surface area contributed by atoms with E-state index in [1.165, 1.54) is 17.5 Å². The van der Waals surface area contributed by atoms with Gasteiger partial charge in [0.15, 0.2) is 0 Å². The minimum atomic E-state index is -3.53. The normalized spacial score (nSPS) is 15.5. The van der Waals surface area contributed by atoms with Crippen LogP contribution in [0.1, 0.15) is 26.3 Å². The van der Waals surface area contributed by atoms with Crippen LogP contribution in [-0.4, -0.2) is 69.8 Å². The van der Waals surface area contributed by atoms with E-state index in [1.54, 1.807) is 42.5 Å². The average molecular weight is 432 g/mol. The molecule has 0 atom stereocenters. The Kier molecular flexibility index (Phi) is 6.86. The van der Waals surface area contributed by atoms with Gasteiger partial charge in [-0.1, -0.05) is 24.3 Å². The van der Waals surface area contributed by atoms with Gasteiger partial charge in [-0.15, -0.1) is 0 Å². The molecular formula is C21H25N3O5S. The summed E-state index contributed by atoms with van der Waals surface area (Å²) in [5.74, 6) is -0.996. The van der Waals surface area contributed by atoms with E-state index in [9.17, 15) is 18.0 Å². The summed E-state index contributed by atoms with van der Waals surface area (Å²) in [6.45, 7) is 2.54. The van der Waals surface area contributed by atoms with Gasteiger partial charge in [0, 0.05) is 32.7 Å². The Balaban J connectivity index is 1.65. The number of methoxy groups -OCH3 is 1. The molecule has 1 aliphatic heterocycles. The molecule has 2 aromatic rings. The van der Waals surface area contributed by atoms with E-state index in [2.05, 4.69) is 10.2 Å². The number of esters is 1. The summed E-state index contributed by atoms with van der Waals surface area (Å²) >= 11 is 0. The third kappa shape index (κ3) is 4.86. The molecule has 30 heavy (non-hydrogen) atoms. The molecule has 1 fully saturated rings. The molecule has 1 heterocycles. The van der Waals surface area contributed by atoms with Gasteiger partial charge in [-0.3, -0.25) is 4.79 Å². The number of rotatable bonds is 6. The van der Waals surface area contributed by atoms with Gasteiger partial charge >= 0.3 is 5.97 Å². The van der Waals surface area contributed by atoms with Crippen molar-refractivity contribution in [2.75, 3.05) is 40.3 Å². The molecule has 1 amide bonds. The van der Waals surface area contributed by atoms with Crippen LogP contribution < -0.4 is 5.32 Å². The number of piperazine rings is 1. The number of carbonyl (C=O) groups is 2. The first-order valence-electron chi connectivity index (χ1n) is 9.56. The molecule has 2 aromatic carbocycles. The van der Waals surface area contributed by atoms with E-state index >= 15 is 0 Å². The maximum Gasteiger partial charge on any atom is 0.338 e. The molecule has 1 aliphatic rings. The van der Waals surface area contributed by atoms with Gasteiger partial charge < -0.3 is 15.0 Å². The standard InChI is InChI=1S/C21H25N3O5S/c1-23-11-13-24(14-12-23)30(27,28)17-9-7-16(8-10-17)15-22-20(25)18-5-3-4-6-19(18)21(26)29-2/h3-10H,11-15H2,1-2H3,(H,22,25). The van der Waals surface area contributed by atoms with Gasteiger partial charge in [0.05, 0.1) is 23.1 Å². The Morgan fingerprint density at radius 1 is 0.967 bits per heavy atom. The number of sulfonamides is 1. The highest BCUT2D eigenvalue weighted by Gasteiger charge is 2.27. The van der Waals surface area contributed by atoms with Crippen molar-refractivity contribution < 1.29 is 22.7 Å². The zero-order valence-electron chi connectivity index (χ0n) is 17.0. The number of amides is 1. The third-order valence-electron chi connectivity index (χ3n) is 5.05. The maximum absolute atomic E-state index is 12.8. The summed E-state index contributed by atoms with van der Waals surface area (Å²) in [4.78, 5) is 26.6. The van der Waals surface area contributed by atoms with Gasteiger partial charge in [-0.2, -0.15) is 4.31 Å². The fourth-order valence-electron chi connectivity index (χ4n) is 3.20. The topological polar surface area (TPSA) is 96.0 Å². The minimum absolute atomic E-state index is 0.186. The van der Waals surface area contributed by atoms with Crippen LogP contribution in [0, 0.1) is 0 Å². The van der Waals surface area contributed by atoms with Crippen LogP contribution in [0.4, 0.5) is 0 Å². The molecule has 0 radical (unpaired) electrons. The van der Waals surface area contributed by atoms with Crippen molar-refractivity contribution in [2.45, 2.75) is 11.4 Å². The van der Waals surface area contributed by atoms with Crippen LogP contribution in [0.5, 0.6) is 0 Å². The molecule has 0 bridgehead atoms. The highest BCUT2D eigenvalue weighted by Crippen LogP contribution is 2.18. The summed E-state index contributed by atoms with van der Waals surface area (Å²) in [7, 11) is -0.299. The minimum Gasteiger partial charge on any atom is -0.465 e. The van der Waals surface area contributed by atoms with Crippen molar-refractivity contribution in [2.24, 2.45) is 0 Å². The largest absolute Gasteiger partial charge is 0.465 e. The lowest BCUT2D eigenvalue weighted by molar-refractivity contribution is 0.0596. The van der Waals surface area contributed by atoms with Crippen molar-refractivity contribution in [3.63, 3.8) is 0 Å². The van der Waals surface area contributed by atoms with E-state index in [0.717, 1.165) is 5.56 Å². The Hall–Kier alpha value is -2.75. The number of carbonyl (C=O) groups excluding carboxylic acids is 2. The fourth-order valence-corrected chi connectivity index (χ4v) is 4.63. The highest BCUT2D eigenvalue weighted by molar-refractivity contribution is 7.89. The van der Waals surface area contributed by atoms with Crippen LogP contribution in [-0.2, 0) is 21.3 Å². The Morgan fingerprint density at radius 3 is 2.17 bits per heavy atom. The smallest absolute Gasteiger partial charge is 0.338 e. The van der Waals surface area contributed by atoms with E-state index in [-0.39, 0.29) is 22.6 Å². The molecule has 1 N–H and O–H groups in total. The van der Waals surface area contributed by atoms with Gasteiger partial charge in [-0.05, 0) is 36.9 Å². The number of likely N-dealkylation sites (N-methyl/N-ethyl adjacent to an activating group) is 1. The second-order valence-electron chi connectivity index (χ2n) is 7.07. The molecule has 0 aromatic heterocycles. The summed E-state index contributed by atoms with van der Waals surface area (Å²) in [6, 6.07) is 12.9. The van der Waals surface area contributed by atoms with Crippen LogP contribution in [0.3, 0.4) is 0 Å². The van der Waals surface area contributed by atoms with Crippen molar-refractivity contribution in [3.05, 3.63) is 65.2 Å². The quantitative estimate of drug-likeness (QED) is 0.694. The van der Waals surface area contributed by atoms with Crippen molar-refractivity contribution in [1.82, 2.24) is 14.5 Å². The number of hydrogen-bond donors (Lipinski definition) is 1. The molecule has 9 heteroatoms. The summed E-state index contributed by atoms with van der Waals surface area (Å²) in [5, 5.41) is 2.75. The molecule has 3 rings (SSSR count). The van der Waals surface area contributed by atoms with Crippen LogP contribution in [0.2, 0.25) is 0 Å². The van der Waals surface area contributed by atoms with Gasteiger partial charge in [0.1, 0.15) is 0 Å². The zero-order chi connectivity index (χ0) is 21.7. The first kappa shape index (κ1) is 21.9. The monoisotopic (exact) mass is 431 g/mol. The summed E-state index contributed by atoms with van der Waals surface area (Å²) in [5.41, 5.74) is 1.15. The number of hydrogen-bond acceptors (Lipinski definition) is 6. The lowest BCUT2D eigenvalue weighted by Gasteiger charge is -2.31. The summed E-state index contributed by atoms with van der Waals surface area (Å²) in [6.07, 6.45) is 0. The molecule has 0 aliphatic carbocycles. The maximum atomic E-state index is 12.8. The van der Waals surface area contributed by atoms with Gasteiger partial charge in [-0.25, -0.2) is 13.2 Å². The lowest BCUT2D eigenvalue weighted by Crippen LogP contribution is -2.47. The highest BCUT2D eigenvalue weighted by atomic mass is 32.2. The van der Waals surface area contributed by atoms with E-state index in [0.29, 0.717) is 26.2 Å². The second kappa shape index (κ2) is 9.38. The number of nitrogens with one attached hydrogen (secondary N) is 1. The first-order chi connectivity index (χ1) is 14.3. The molecule has 8 nitrogen and oxygen atoms in total. The third-order valence-corrected chi connectivity index (χ3v) is 6.97. The number of ether oxygens (including phenoxy) is 1. The predicted molar refractivity (Wildman–Crippen MR) is 112 cm³/mol.